The van der Waals surface area contributed by atoms with E-state index in [-0.39, 0.29) is 5.69 Å². The van der Waals surface area contributed by atoms with Gasteiger partial charge in [-0.3, -0.25) is 10.1 Å². The van der Waals surface area contributed by atoms with Crippen LogP contribution in [0.3, 0.4) is 0 Å². The molecule has 0 fully saturated rings. The van der Waals surface area contributed by atoms with E-state index in [4.69, 9.17) is 9.84 Å². The van der Waals surface area contributed by atoms with Crippen molar-refractivity contribution in [3.8, 4) is 0 Å². The Labute approximate surface area is 120 Å². The zero-order valence-corrected chi connectivity index (χ0v) is 11.0. The van der Waals surface area contributed by atoms with Crippen LogP contribution in [-0.4, -0.2) is 16.2 Å². The molecular weight excluding hydrogens is 274 g/mol. The van der Waals surface area contributed by atoms with Crippen molar-refractivity contribution in [2.45, 2.75) is 12.5 Å². The maximum absolute atomic E-state index is 10.8. The Hall–Kier alpha value is -2.89. The number of nitrogens with zero attached hydrogens (tertiary/aromatic N) is 1. The molecule has 0 unspecified atom stereocenters. The van der Waals surface area contributed by atoms with Crippen LogP contribution in [0.4, 0.5) is 10.5 Å². The molecule has 6 nitrogen and oxygen atoms in total. The van der Waals surface area contributed by atoms with Crippen molar-refractivity contribution in [3.05, 3.63) is 75.8 Å². The summed E-state index contributed by atoms with van der Waals surface area (Å²) in [6.07, 6.45) is -1.69. The van der Waals surface area contributed by atoms with Crippen molar-refractivity contribution in [2.24, 2.45) is 0 Å². The minimum absolute atomic E-state index is 0.00540. The number of non-ortho nitro benzene ring substituents is 1. The number of benzene rings is 2. The lowest BCUT2D eigenvalue weighted by Gasteiger charge is -2.16. The zero-order valence-electron chi connectivity index (χ0n) is 11.0. The van der Waals surface area contributed by atoms with Crippen LogP contribution in [0, 0.1) is 10.1 Å². The molecule has 0 saturated carbocycles. The largest absolute Gasteiger partial charge is 0.506 e. The highest BCUT2D eigenvalue weighted by Gasteiger charge is 2.17. The molecule has 0 aliphatic carbocycles. The normalized spacial score (nSPS) is 11.6. The third kappa shape index (κ3) is 4.04. The van der Waals surface area contributed by atoms with Gasteiger partial charge in [0, 0.05) is 18.6 Å². The Morgan fingerprint density at radius 1 is 1.14 bits per heavy atom. The minimum atomic E-state index is -1.36. The number of carbonyl (C=O) groups is 1. The monoisotopic (exact) mass is 287 g/mol. The molecule has 21 heavy (non-hydrogen) atoms. The predicted octanol–water partition coefficient (Wildman–Crippen LogP) is 3.57. The van der Waals surface area contributed by atoms with Crippen LogP contribution in [0.2, 0.25) is 0 Å². The second-order valence-corrected chi connectivity index (χ2v) is 4.41. The molecule has 0 radical (unpaired) electrons. The number of carboxylic acid groups (broad SMARTS) is 1. The standard InChI is InChI=1S/C15H13NO5/c17-15(18)21-14(12-4-2-1-3-5-12)10-11-6-8-13(9-7-11)16(19)20/h1-9,14H,10H2,(H,17,18)/t14-/m1/s1. The molecule has 0 saturated heterocycles. The van der Waals surface area contributed by atoms with Crippen LogP contribution in [-0.2, 0) is 11.2 Å². The summed E-state index contributed by atoms with van der Waals surface area (Å²) in [6.45, 7) is 0. The van der Waals surface area contributed by atoms with Gasteiger partial charge < -0.3 is 9.84 Å². The van der Waals surface area contributed by atoms with Gasteiger partial charge in [0.05, 0.1) is 4.92 Å². The smallest absolute Gasteiger partial charge is 0.450 e. The molecular formula is C15H13NO5. The Kier molecular flexibility index (Phi) is 4.50. The lowest BCUT2D eigenvalue weighted by molar-refractivity contribution is -0.384. The number of hydrogen-bond acceptors (Lipinski definition) is 4. The lowest BCUT2D eigenvalue weighted by Crippen LogP contribution is -2.12. The molecule has 2 rings (SSSR count). The van der Waals surface area contributed by atoms with Gasteiger partial charge in [-0.15, -0.1) is 0 Å². The van der Waals surface area contributed by atoms with Gasteiger partial charge >= 0.3 is 6.16 Å². The number of hydrogen-bond donors (Lipinski definition) is 1. The maximum atomic E-state index is 10.8. The maximum Gasteiger partial charge on any atom is 0.506 e. The highest BCUT2D eigenvalue weighted by molar-refractivity contribution is 5.57. The molecule has 0 aromatic heterocycles. The Morgan fingerprint density at radius 3 is 2.29 bits per heavy atom. The summed E-state index contributed by atoms with van der Waals surface area (Å²) >= 11 is 0. The fourth-order valence-electron chi connectivity index (χ4n) is 1.98. The topological polar surface area (TPSA) is 89.7 Å². The first kappa shape index (κ1) is 14.5. The van der Waals surface area contributed by atoms with Gasteiger partial charge in [-0.2, -0.15) is 0 Å². The average Bonchev–Trinajstić information content (AvgIpc) is 2.47. The molecule has 0 aliphatic rings. The van der Waals surface area contributed by atoms with Gasteiger partial charge in [0.1, 0.15) is 6.10 Å². The van der Waals surface area contributed by atoms with Crippen molar-refractivity contribution >= 4 is 11.8 Å². The van der Waals surface area contributed by atoms with Gasteiger partial charge in [0.2, 0.25) is 0 Å². The van der Waals surface area contributed by atoms with E-state index in [1.165, 1.54) is 12.1 Å². The van der Waals surface area contributed by atoms with E-state index in [1.54, 1.807) is 36.4 Å². The van der Waals surface area contributed by atoms with Crippen LogP contribution in [0.15, 0.2) is 54.6 Å². The van der Waals surface area contributed by atoms with E-state index >= 15 is 0 Å². The Balaban J connectivity index is 2.18. The van der Waals surface area contributed by atoms with E-state index in [0.717, 1.165) is 11.1 Å². The van der Waals surface area contributed by atoms with Gasteiger partial charge in [0.15, 0.2) is 0 Å². The zero-order chi connectivity index (χ0) is 15.2. The van der Waals surface area contributed by atoms with E-state index in [2.05, 4.69) is 0 Å². The fraction of sp³-hybridized carbons (Fsp3) is 0.133. The quantitative estimate of drug-likeness (QED) is 0.515. The van der Waals surface area contributed by atoms with Gasteiger partial charge in [-0.25, -0.2) is 4.79 Å². The summed E-state index contributed by atoms with van der Waals surface area (Å²) in [6, 6.07) is 14.9. The van der Waals surface area contributed by atoms with Gasteiger partial charge in [0.25, 0.3) is 5.69 Å². The fourth-order valence-corrected chi connectivity index (χ4v) is 1.98. The third-order valence-electron chi connectivity index (χ3n) is 2.98. The number of nitro benzene ring substituents is 1. The first-order chi connectivity index (χ1) is 10.1. The molecule has 0 spiro atoms. The highest BCUT2D eigenvalue weighted by Crippen LogP contribution is 2.23. The summed E-state index contributed by atoms with van der Waals surface area (Å²) in [4.78, 5) is 20.9. The Morgan fingerprint density at radius 2 is 1.76 bits per heavy atom. The molecule has 6 heteroatoms. The van der Waals surface area contributed by atoms with Crippen LogP contribution in [0.1, 0.15) is 17.2 Å². The summed E-state index contributed by atoms with van der Waals surface area (Å²) in [5.74, 6) is 0. The number of nitro groups is 1. The number of ether oxygens (including phenoxy) is 1. The van der Waals surface area contributed by atoms with Crippen LogP contribution >= 0.6 is 0 Å². The molecule has 0 heterocycles. The summed E-state index contributed by atoms with van der Waals surface area (Å²) in [5, 5.41) is 19.4. The molecule has 2 aromatic rings. The van der Waals surface area contributed by atoms with Crippen molar-refractivity contribution in [1.82, 2.24) is 0 Å². The highest BCUT2D eigenvalue weighted by atomic mass is 16.7. The van der Waals surface area contributed by atoms with Gasteiger partial charge in [-0.1, -0.05) is 42.5 Å². The molecule has 108 valence electrons. The van der Waals surface area contributed by atoms with E-state index in [0.29, 0.717) is 6.42 Å². The van der Waals surface area contributed by atoms with E-state index in [9.17, 15) is 14.9 Å². The molecule has 0 bridgehead atoms. The molecule has 1 atom stereocenters. The minimum Gasteiger partial charge on any atom is -0.450 e. The molecule has 0 aliphatic heterocycles. The van der Waals surface area contributed by atoms with Crippen molar-refractivity contribution in [1.29, 1.82) is 0 Å². The number of rotatable bonds is 5. The summed E-state index contributed by atoms with van der Waals surface area (Å²) in [5.41, 5.74) is 1.49. The second kappa shape index (κ2) is 6.51. The van der Waals surface area contributed by atoms with Crippen LogP contribution in [0.25, 0.3) is 0 Å². The Bertz CT molecular complexity index is 624. The van der Waals surface area contributed by atoms with E-state index in [1.807, 2.05) is 6.07 Å². The van der Waals surface area contributed by atoms with Crippen molar-refractivity contribution < 1.29 is 19.6 Å². The second-order valence-electron chi connectivity index (χ2n) is 4.41. The third-order valence-corrected chi connectivity index (χ3v) is 2.98. The van der Waals surface area contributed by atoms with Gasteiger partial charge in [-0.05, 0) is 11.1 Å². The SMILES string of the molecule is O=C(O)O[C@H](Cc1ccc([N+](=O)[O-])cc1)c1ccccc1. The molecule has 2 aromatic carbocycles. The van der Waals surface area contributed by atoms with Crippen molar-refractivity contribution in [2.75, 3.05) is 0 Å². The predicted molar refractivity (Wildman–Crippen MR) is 75.1 cm³/mol. The summed E-state index contributed by atoms with van der Waals surface area (Å²) < 4.78 is 4.90. The first-order valence-corrected chi connectivity index (χ1v) is 6.24. The molecule has 1 N–H and O–H groups in total. The molecule has 0 amide bonds. The summed E-state index contributed by atoms with van der Waals surface area (Å²) in [7, 11) is 0. The average molecular weight is 287 g/mol. The first-order valence-electron chi connectivity index (χ1n) is 6.24. The van der Waals surface area contributed by atoms with Crippen LogP contribution < -0.4 is 0 Å². The van der Waals surface area contributed by atoms with Crippen molar-refractivity contribution in [3.63, 3.8) is 0 Å². The van der Waals surface area contributed by atoms with E-state index < -0.39 is 17.2 Å². The van der Waals surface area contributed by atoms with Crippen LogP contribution in [0.5, 0.6) is 0 Å². The lowest BCUT2D eigenvalue weighted by atomic mass is 10.0.